The Morgan fingerprint density at radius 1 is 1.28 bits per heavy atom. The van der Waals surface area contributed by atoms with Crippen molar-refractivity contribution >= 4 is 11.8 Å². The Bertz CT molecular complexity index is 760. The molecule has 1 aliphatic heterocycles. The molecule has 25 heavy (non-hydrogen) atoms. The van der Waals surface area contributed by atoms with Crippen molar-refractivity contribution in [2.45, 2.75) is 46.2 Å². The summed E-state index contributed by atoms with van der Waals surface area (Å²) in [6, 6.07) is 7.75. The maximum atomic E-state index is 12.5. The van der Waals surface area contributed by atoms with Gasteiger partial charge in [0.25, 0.3) is 0 Å². The van der Waals surface area contributed by atoms with Crippen molar-refractivity contribution in [3.05, 3.63) is 52.3 Å². The molecule has 6 heteroatoms. The molecule has 0 unspecified atom stereocenters. The van der Waals surface area contributed by atoms with Crippen LogP contribution in [-0.2, 0) is 22.6 Å². The van der Waals surface area contributed by atoms with Gasteiger partial charge in [-0.2, -0.15) is 5.10 Å². The van der Waals surface area contributed by atoms with Gasteiger partial charge < -0.3 is 10.2 Å². The Kier molecular flexibility index (Phi) is 4.88. The Morgan fingerprint density at radius 2 is 2.00 bits per heavy atom. The second-order valence-corrected chi connectivity index (χ2v) is 6.74. The van der Waals surface area contributed by atoms with E-state index in [1.165, 1.54) is 5.56 Å². The summed E-state index contributed by atoms with van der Waals surface area (Å²) in [6.07, 6.45) is 0.899. The molecular formula is C19H24N4O2. The van der Waals surface area contributed by atoms with Gasteiger partial charge in [0.2, 0.25) is 11.8 Å². The minimum absolute atomic E-state index is 0.00503. The number of likely N-dealkylation sites (tertiary alicyclic amines) is 1. The van der Waals surface area contributed by atoms with Gasteiger partial charge in [-0.15, -0.1) is 0 Å². The Balaban J connectivity index is 1.56. The van der Waals surface area contributed by atoms with Crippen molar-refractivity contribution in [3.63, 3.8) is 0 Å². The molecule has 1 saturated heterocycles. The van der Waals surface area contributed by atoms with Crippen molar-refractivity contribution in [1.82, 2.24) is 20.4 Å². The van der Waals surface area contributed by atoms with E-state index in [0.29, 0.717) is 19.5 Å². The number of hydrogen-bond acceptors (Lipinski definition) is 3. The molecule has 0 radical (unpaired) electrons. The third-order valence-electron chi connectivity index (χ3n) is 4.74. The number of rotatable bonds is 5. The van der Waals surface area contributed by atoms with Crippen molar-refractivity contribution in [3.8, 4) is 0 Å². The van der Waals surface area contributed by atoms with Crippen molar-refractivity contribution in [2.75, 3.05) is 6.54 Å². The number of carbonyl (C=O) groups is 2. The van der Waals surface area contributed by atoms with E-state index in [2.05, 4.69) is 15.5 Å². The van der Waals surface area contributed by atoms with Crippen LogP contribution in [0.1, 0.15) is 34.5 Å². The van der Waals surface area contributed by atoms with Crippen molar-refractivity contribution in [1.29, 1.82) is 0 Å². The molecule has 2 N–H and O–H groups in total. The zero-order valence-electron chi connectivity index (χ0n) is 14.9. The van der Waals surface area contributed by atoms with Crippen LogP contribution in [0.3, 0.4) is 0 Å². The van der Waals surface area contributed by atoms with Crippen LogP contribution in [0.25, 0.3) is 0 Å². The Labute approximate surface area is 147 Å². The van der Waals surface area contributed by atoms with E-state index in [0.717, 1.165) is 22.5 Å². The van der Waals surface area contributed by atoms with Crippen molar-refractivity contribution in [2.24, 2.45) is 0 Å². The Morgan fingerprint density at radius 3 is 2.64 bits per heavy atom. The van der Waals surface area contributed by atoms with Gasteiger partial charge in [0.1, 0.15) is 6.04 Å². The van der Waals surface area contributed by atoms with Crippen LogP contribution >= 0.6 is 0 Å². The van der Waals surface area contributed by atoms with Gasteiger partial charge in [-0.1, -0.05) is 29.8 Å². The molecule has 132 valence electrons. The molecule has 1 aromatic carbocycles. The first-order chi connectivity index (χ1) is 11.9. The number of aryl methyl sites for hydroxylation is 3. The summed E-state index contributed by atoms with van der Waals surface area (Å²) in [4.78, 5) is 26.6. The van der Waals surface area contributed by atoms with Crippen LogP contribution in [0.4, 0.5) is 0 Å². The number of nitrogens with one attached hydrogen (secondary N) is 2. The van der Waals surface area contributed by atoms with E-state index >= 15 is 0 Å². The number of aromatic amines is 1. The SMILES string of the molecule is Cc1ccc(CN2CC[C@@H](NC(=O)Cc3c(C)n[nH]c3C)C2=O)cc1. The molecule has 0 aliphatic carbocycles. The molecular weight excluding hydrogens is 316 g/mol. The lowest BCUT2D eigenvalue weighted by Gasteiger charge is -2.17. The lowest BCUT2D eigenvalue weighted by molar-refractivity contribution is -0.132. The summed E-state index contributed by atoms with van der Waals surface area (Å²) in [7, 11) is 0. The summed E-state index contributed by atoms with van der Waals surface area (Å²) in [5.74, 6) is -0.141. The van der Waals surface area contributed by atoms with Crippen LogP contribution in [-0.4, -0.2) is 39.5 Å². The quantitative estimate of drug-likeness (QED) is 0.871. The predicted molar refractivity (Wildman–Crippen MR) is 94.9 cm³/mol. The molecule has 6 nitrogen and oxygen atoms in total. The number of aromatic nitrogens is 2. The fraction of sp³-hybridized carbons (Fsp3) is 0.421. The molecule has 1 aromatic heterocycles. The van der Waals surface area contributed by atoms with Gasteiger partial charge in [-0.3, -0.25) is 14.7 Å². The summed E-state index contributed by atoms with van der Waals surface area (Å²) in [5, 5.41) is 9.85. The molecule has 2 aromatic rings. The maximum Gasteiger partial charge on any atom is 0.245 e. The molecule has 2 heterocycles. The van der Waals surface area contributed by atoms with E-state index in [1.54, 1.807) is 0 Å². The topological polar surface area (TPSA) is 78.1 Å². The molecule has 3 rings (SSSR count). The lowest BCUT2D eigenvalue weighted by Crippen LogP contribution is -2.42. The summed E-state index contributed by atoms with van der Waals surface area (Å²) >= 11 is 0. The molecule has 1 atom stereocenters. The van der Waals surface area contributed by atoms with Gasteiger partial charge in [-0.05, 0) is 32.8 Å². The third kappa shape index (κ3) is 3.90. The fourth-order valence-electron chi connectivity index (χ4n) is 3.18. The monoisotopic (exact) mass is 340 g/mol. The number of hydrogen-bond donors (Lipinski definition) is 2. The van der Waals surface area contributed by atoms with Crippen LogP contribution in [0.15, 0.2) is 24.3 Å². The molecule has 1 fully saturated rings. The zero-order valence-corrected chi connectivity index (χ0v) is 14.9. The molecule has 0 spiro atoms. The summed E-state index contributed by atoms with van der Waals surface area (Å²) < 4.78 is 0. The van der Waals surface area contributed by atoms with Crippen LogP contribution in [0.5, 0.6) is 0 Å². The van der Waals surface area contributed by atoms with Crippen LogP contribution in [0.2, 0.25) is 0 Å². The molecule has 2 amide bonds. The standard InChI is InChI=1S/C19H24N4O2/c1-12-4-6-15(7-5-12)11-23-9-8-17(19(23)25)20-18(24)10-16-13(2)21-22-14(16)3/h4-7,17H,8-11H2,1-3H3,(H,20,24)(H,21,22)/t17-/m1/s1. The minimum atomic E-state index is -0.425. The normalized spacial score (nSPS) is 17.2. The van der Waals surface area contributed by atoms with Crippen LogP contribution in [0, 0.1) is 20.8 Å². The third-order valence-corrected chi connectivity index (χ3v) is 4.74. The van der Waals surface area contributed by atoms with Crippen LogP contribution < -0.4 is 5.32 Å². The summed E-state index contributed by atoms with van der Waals surface area (Å²) in [5.41, 5.74) is 4.93. The van der Waals surface area contributed by atoms with E-state index in [1.807, 2.05) is 49.9 Å². The number of carbonyl (C=O) groups excluding carboxylic acids is 2. The smallest absolute Gasteiger partial charge is 0.245 e. The highest BCUT2D eigenvalue weighted by molar-refractivity contribution is 5.89. The predicted octanol–water partition coefficient (Wildman–Crippen LogP) is 1.79. The number of H-pyrrole nitrogens is 1. The average Bonchev–Trinajstić information content (AvgIpc) is 3.08. The second kappa shape index (κ2) is 7.09. The van der Waals surface area contributed by atoms with Gasteiger partial charge in [0, 0.05) is 24.3 Å². The van der Waals surface area contributed by atoms with Crippen molar-refractivity contribution < 1.29 is 9.59 Å². The lowest BCUT2D eigenvalue weighted by atomic mass is 10.1. The summed E-state index contributed by atoms with van der Waals surface area (Å²) in [6.45, 7) is 7.06. The minimum Gasteiger partial charge on any atom is -0.344 e. The highest BCUT2D eigenvalue weighted by Gasteiger charge is 2.32. The van der Waals surface area contributed by atoms with E-state index < -0.39 is 6.04 Å². The zero-order chi connectivity index (χ0) is 18.0. The molecule has 0 bridgehead atoms. The van der Waals surface area contributed by atoms with Gasteiger partial charge in [0.05, 0.1) is 12.1 Å². The Hall–Kier alpha value is -2.63. The largest absolute Gasteiger partial charge is 0.344 e. The highest BCUT2D eigenvalue weighted by atomic mass is 16.2. The molecule has 1 aliphatic rings. The number of amides is 2. The number of benzene rings is 1. The fourth-order valence-corrected chi connectivity index (χ4v) is 3.18. The van der Waals surface area contributed by atoms with Gasteiger partial charge in [-0.25, -0.2) is 0 Å². The van der Waals surface area contributed by atoms with Gasteiger partial charge in [0.15, 0.2) is 0 Å². The van der Waals surface area contributed by atoms with E-state index in [4.69, 9.17) is 0 Å². The first kappa shape index (κ1) is 17.2. The van der Waals surface area contributed by atoms with E-state index in [-0.39, 0.29) is 18.2 Å². The highest BCUT2D eigenvalue weighted by Crippen LogP contribution is 2.16. The average molecular weight is 340 g/mol. The van der Waals surface area contributed by atoms with Gasteiger partial charge >= 0.3 is 0 Å². The maximum absolute atomic E-state index is 12.5. The second-order valence-electron chi connectivity index (χ2n) is 6.74. The van der Waals surface area contributed by atoms with E-state index in [9.17, 15) is 9.59 Å². The molecule has 0 saturated carbocycles. The first-order valence-electron chi connectivity index (χ1n) is 8.58. The first-order valence-corrected chi connectivity index (χ1v) is 8.58. The number of nitrogens with zero attached hydrogens (tertiary/aromatic N) is 2.